The van der Waals surface area contributed by atoms with Gasteiger partial charge in [0.25, 0.3) is 0 Å². The van der Waals surface area contributed by atoms with E-state index in [0.717, 1.165) is 25.2 Å². The molecule has 0 aliphatic carbocycles. The van der Waals surface area contributed by atoms with E-state index >= 15 is 0 Å². The number of hydrogen-bond donors (Lipinski definition) is 2. The van der Waals surface area contributed by atoms with Crippen LogP contribution >= 0.6 is 0 Å². The molecule has 1 unspecified atom stereocenters. The van der Waals surface area contributed by atoms with Crippen molar-refractivity contribution in [2.75, 3.05) is 31.6 Å². The number of nitrogen functional groups attached to an aromatic ring is 2. The van der Waals surface area contributed by atoms with Crippen LogP contribution in [0.15, 0.2) is 6.20 Å². The molecule has 0 spiro atoms. The molecule has 15 heavy (non-hydrogen) atoms. The molecule has 0 amide bonds. The lowest BCUT2D eigenvalue weighted by molar-refractivity contribution is 0.248. The van der Waals surface area contributed by atoms with Crippen LogP contribution in [-0.4, -0.2) is 35.0 Å². The molecule has 1 aromatic heterocycles. The van der Waals surface area contributed by atoms with E-state index in [-0.39, 0.29) is 0 Å². The Balaban J connectivity index is 2.18. The summed E-state index contributed by atoms with van der Waals surface area (Å²) in [6.07, 6.45) is 4.10. The van der Waals surface area contributed by atoms with Gasteiger partial charge in [0.2, 0.25) is 0 Å². The molecule has 1 saturated heterocycles. The Kier molecular flexibility index (Phi) is 2.73. The quantitative estimate of drug-likeness (QED) is 0.698. The van der Waals surface area contributed by atoms with E-state index in [2.05, 4.69) is 21.9 Å². The van der Waals surface area contributed by atoms with Crippen molar-refractivity contribution in [3.8, 4) is 0 Å². The molecular formula is C10H17N5. The number of nitrogens with zero attached hydrogens (tertiary/aromatic N) is 3. The Bertz CT molecular complexity index is 352. The summed E-state index contributed by atoms with van der Waals surface area (Å²) in [5.41, 5.74) is 12.2. The molecule has 0 bridgehead atoms. The zero-order valence-corrected chi connectivity index (χ0v) is 8.98. The van der Waals surface area contributed by atoms with Crippen LogP contribution in [0.2, 0.25) is 0 Å². The van der Waals surface area contributed by atoms with E-state index in [1.165, 1.54) is 6.42 Å². The summed E-state index contributed by atoms with van der Waals surface area (Å²) in [5, 5.41) is 0. The minimum absolute atomic E-state index is 0.322. The fraction of sp³-hybridized carbons (Fsp3) is 0.600. The number of nitrogens with two attached hydrogens (primary N) is 2. The highest BCUT2D eigenvalue weighted by atomic mass is 15.1. The van der Waals surface area contributed by atoms with Crippen LogP contribution in [0.25, 0.3) is 0 Å². The third-order valence-electron chi connectivity index (χ3n) is 2.89. The largest absolute Gasteiger partial charge is 0.381 e. The first kappa shape index (κ1) is 10.2. The van der Waals surface area contributed by atoms with Gasteiger partial charge in [-0.2, -0.15) is 0 Å². The Morgan fingerprint density at radius 2 is 2.20 bits per heavy atom. The molecule has 1 aromatic rings. The number of aromatic nitrogens is 2. The highest BCUT2D eigenvalue weighted by Gasteiger charge is 2.20. The van der Waals surface area contributed by atoms with Gasteiger partial charge in [-0.05, 0) is 26.4 Å². The topological polar surface area (TPSA) is 81.1 Å². The maximum atomic E-state index is 5.65. The highest BCUT2D eigenvalue weighted by Crippen LogP contribution is 2.25. The van der Waals surface area contributed by atoms with Crippen molar-refractivity contribution in [2.45, 2.75) is 18.8 Å². The van der Waals surface area contributed by atoms with Crippen molar-refractivity contribution in [1.29, 1.82) is 0 Å². The summed E-state index contributed by atoms with van der Waals surface area (Å²) < 4.78 is 0. The lowest BCUT2D eigenvalue weighted by Crippen LogP contribution is -2.31. The molecular weight excluding hydrogens is 190 g/mol. The van der Waals surface area contributed by atoms with Crippen LogP contribution in [0.5, 0.6) is 0 Å². The van der Waals surface area contributed by atoms with Crippen LogP contribution in [0, 0.1) is 0 Å². The fourth-order valence-electron chi connectivity index (χ4n) is 2.03. The zero-order valence-electron chi connectivity index (χ0n) is 8.98. The van der Waals surface area contributed by atoms with Gasteiger partial charge in [0.15, 0.2) is 11.6 Å². The van der Waals surface area contributed by atoms with E-state index in [1.54, 1.807) is 6.20 Å². The van der Waals surface area contributed by atoms with Gasteiger partial charge in [0, 0.05) is 12.5 Å². The normalized spacial score (nSPS) is 22.9. The van der Waals surface area contributed by atoms with Gasteiger partial charge < -0.3 is 16.4 Å². The predicted molar refractivity (Wildman–Crippen MR) is 60.3 cm³/mol. The minimum Gasteiger partial charge on any atom is -0.381 e. The smallest absolute Gasteiger partial charge is 0.166 e. The first-order valence-electron chi connectivity index (χ1n) is 5.23. The highest BCUT2D eigenvalue weighted by molar-refractivity contribution is 5.51. The molecule has 1 aliphatic heterocycles. The second kappa shape index (κ2) is 4.02. The number of anilines is 2. The van der Waals surface area contributed by atoms with Crippen LogP contribution in [-0.2, 0) is 0 Å². The summed E-state index contributed by atoms with van der Waals surface area (Å²) in [6.45, 7) is 2.19. The van der Waals surface area contributed by atoms with E-state index < -0.39 is 0 Å². The number of rotatable bonds is 1. The maximum absolute atomic E-state index is 5.65. The average Bonchev–Trinajstić information content (AvgIpc) is 2.22. The second-order valence-corrected chi connectivity index (χ2v) is 4.17. The molecule has 2 rings (SSSR count). The Labute approximate surface area is 89.5 Å². The Morgan fingerprint density at radius 3 is 2.87 bits per heavy atom. The minimum atomic E-state index is 0.322. The molecule has 1 atom stereocenters. The molecule has 4 N–H and O–H groups in total. The van der Waals surface area contributed by atoms with E-state index in [0.29, 0.717) is 17.6 Å². The van der Waals surface area contributed by atoms with Crippen LogP contribution < -0.4 is 11.5 Å². The number of hydrogen-bond acceptors (Lipinski definition) is 5. The van der Waals surface area contributed by atoms with Crippen molar-refractivity contribution in [2.24, 2.45) is 0 Å². The van der Waals surface area contributed by atoms with E-state index in [1.807, 2.05) is 0 Å². The summed E-state index contributed by atoms with van der Waals surface area (Å²) in [5.74, 6) is 1.11. The molecule has 2 heterocycles. The molecule has 1 fully saturated rings. The van der Waals surface area contributed by atoms with E-state index in [9.17, 15) is 0 Å². The molecule has 0 saturated carbocycles. The summed E-state index contributed by atoms with van der Waals surface area (Å²) in [7, 11) is 2.13. The van der Waals surface area contributed by atoms with Crippen molar-refractivity contribution >= 4 is 11.6 Å². The SMILES string of the molecule is CN1CCCC(c2cnc(N)c(N)n2)C1. The summed E-state index contributed by atoms with van der Waals surface area (Å²) in [6, 6.07) is 0. The number of likely N-dealkylation sites (N-methyl/N-ethyl adjacent to an activating group) is 1. The molecule has 5 heteroatoms. The zero-order chi connectivity index (χ0) is 10.8. The predicted octanol–water partition coefficient (Wildman–Crippen LogP) is 0.450. The first-order valence-corrected chi connectivity index (χ1v) is 5.23. The van der Waals surface area contributed by atoms with Crippen molar-refractivity contribution < 1.29 is 0 Å². The molecule has 1 aliphatic rings. The van der Waals surface area contributed by atoms with Crippen LogP contribution in [0.3, 0.4) is 0 Å². The fourth-order valence-corrected chi connectivity index (χ4v) is 2.03. The van der Waals surface area contributed by atoms with Gasteiger partial charge in [-0.15, -0.1) is 0 Å². The van der Waals surface area contributed by atoms with Gasteiger partial charge >= 0.3 is 0 Å². The first-order chi connectivity index (χ1) is 7.16. The Morgan fingerprint density at radius 1 is 1.40 bits per heavy atom. The van der Waals surface area contributed by atoms with Crippen molar-refractivity contribution in [3.05, 3.63) is 11.9 Å². The molecule has 0 aromatic carbocycles. The van der Waals surface area contributed by atoms with Crippen LogP contribution in [0.4, 0.5) is 11.6 Å². The lowest BCUT2D eigenvalue weighted by atomic mass is 9.95. The molecule has 82 valence electrons. The van der Waals surface area contributed by atoms with Crippen LogP contribution in [0.1, 0.15) is 24.5 Å². The third-order valence-corrected chi connectivity index (χ3v) is 2.89. The van der Waals surface area contributed by atoms with Gasteiger partial charge in [0.1, 0.15) is 0 Å². The third kappa shape index (κ3) is 2.18. The second-order valence-electron chi connectivity index (χ2n) is 4.17. The maximum Gasteiger partial charge on any atom is 0.166 e. The van der Waals surface area contributed by atoms with Crippen molar-refractivity contribution in [1.82, 2.24) is 14.9 Å². The lowest BCUT2D eigenvalue weighted by Gasteiger charge is -2.29. The van der Waals surface area contributed by atoms with Gasteiger partial charge in [0.05, 0.1) is 11.9 Å². The van der Waals surface area contributed by atoms with Crippen molar-refractivity contribution in [3.63, 3.8) is 0 Å². The standard InChI is InChI=1S/C10H17N5/c1-15-4-2-3-7(6-15)8-5-13-9(11)10(12)14-8/h5,7H,2-4,6H2,1H3,(H2,11,13)(H2,12,14). The van der Waals surface area contributed by atoms with Gasteiger partial charge in [-0.1, -0.05) is 0 Å². The van der Waals surface area contributed by atoms with Gasteiger partial charge in [-0.3, -0.25) is 0 Å². The number of likely N-dealkylation sites (tertiary alicyclic amines) is 1. The molecule has 5 nitrogen and oxygen atoms in total. The number of piperidine rings is 1. The van der Waals surface area contributed by atoms with Gasteiger partial charge in [-0.25, -0.2) is 9.97 Å². The molecule has 0 radical (unpaired) electrons. The monoisotopic (exact) mass is 207 g/mol. The van der Waals surface area contributed by atoms with E-state index in [4.69, 9.17) is 11.5 Å². The summed E-state index contributed by atoms with van der Waals surface area (Å²) >= 11 is 0. The Hall–Kier alpha value is -1.36. The summed E-state index contributed by atoms with van der Waals surface area (Å²) in [4.78, 5) is 10.7. The average molecular weight is 207 g/mol.